The van der Waals surface area contributed by atoms with Crippen LogP contribution in [0.5, 0.6) is 0 Å². The van der Waals surface area contributed by atoms with E-state index in [-0.39, 0.29) is 0 Å². The maximum absolute atomic E-state index is 4.12. The smallest absolute Gasteiger partial charge is 0.0855 e. The Hall–Kier alpha value is -1.22. The molecule has 100 valence electrons. The van der Waals surface area contributed by atoms with Crippen molar-refractivity contribution in [1.29, 1.82) is 0 Å². The largest absolute Gasteiger partial charge is 0.309 e. The van der Waals surface area contributed by atoms with Crippen molar-refractivity contribution < 1.29 is 0 Å². The monoisotopic (exact) mass is 247 g/mol. The molecule has 0 aromatic heterocycles. The average molecular weight is 247 g/mol. The molecular formula is C15H25N3. The number of azo groups is 1. The van der Waals surface area contributed by atoms with E-state index in [1.54, 1.807) is 7.05 Å². The zero-order chi connectivity index (χ0) is 13.5. The fraction of sp³-hybridized carbons (Fsp3) is 0.600. The van der Waals surface area contributed by atoms with E-state index in [2.05, 4.69) is 61.3 Å². The van der Waals surface area contributed by atoms with E-state index in [0.29, 0.717) is 11.8 Å². The predicted molar refractivity (Wildman–Crippen MR) is 77.6 cm³/mol. The van der Waals surface area contributed by atoms with E-state index in [0.717, 1.165) is 18.7 Å². The molecule has 0 spiro atoms. The van der Waals surface area contributed by atoms with Gasteiger partial charge in [0.2, 0.25) is 0 Å². The fourth-order valence-electron chi connectivity index (χ4n) is 2.60. The van der Waals surface area contributed by atoms with Crippen LogP contribution in [0.15, 0.2) is 34.5 Å². The third-order valence-corrected chi connectivity index (χ3v) is 3.29. The molecule has 0 aliphatic heterocycles. The second-order valence-electron chi connectivity index (χ2n) is 5.15. The van der Waals surface area contributed by atoms with E-state index >= 15 is 0 Å². The Labute approximate surface area is 111 Å². The number of nitrogens with zero attached hydrogens (tertiary/aromatic N) is 3. The van der Waals surface area contributed by atoms with Gasteiger partial charge in [-0.1, -0.05) is 26.0 Å². The lowest BCUT2D eigenvalue weighted by molar-refractivity contribution is 0.301. The van der Waals surface area contributed by atoms with Crippen LogP contribution >= 0.6 is 0 Å². The van der Waals surface area contributed by atoms with E-state index in [1.807, 2.05) is 6.07 Å². The lowest BCUT2D eigenvalue weighted by Crippen LogP contribution is -2.24. The Balaban J connectivity index is 2.90. The molecule has 2 atom stereocenters. The average Bonchev–Trinajstić information content (AvgIpc) is 2.30. The van der Waals surface area contributed by atoms with Gasteiger partial charge in [-0.3, -0.25) is 0 Å². The first-order valence-electron chi connectivity index (χ1n) is 6.63. The van der Waals surface area contributed by atoms with Crippen LogP contribution < -0.4 is 0 Å². The van der Waals surface area contributed by atoms with Crippen LogP contribution in [0.25, 0.3) is 0 Å². The van der Waals surface area contributed by atoms with Crippen LogP contribution in [0.2, 0.25) is 0 Å². The van der Waals surface area contributed by atoms with Crippen molar-refractivity contribution in [1.82, 2.24) is 4.90 Å². The Bertz CT molecular complexity index is 385. The van der Waals surface area contributed by atoms with Gasteiger partial charge in [0.25, 0.3) is 0 Å². The quantitative estimate of drug-likeness (QED) is 0.696. The first-order chi connectivity index (χ1) is 8.58. The maximum atomic E-state index is 4.12. The summed E-state index contributed by atoms with van der Waals surface area (Å²) in [6, 6.07) is 8.44. The van der Waals surface area contributed by atoms with Crippen molar-refractivity contribution in [2.24, 2.45) is 16.1 Å². The molecule has 0 heterocycles. The molecular weight excluding hydrogens is 222 g/mol. The summed E-state index contributed by atoms with van der Waals surface area (Å²) in [6.07, 6.45) is 1.15. The van der Waals surface area contributed by atoms with Crippen molar-refractivity contribution in [2.45, 2.75) is 26.2 Å². The lowest BCUT2D eigenvalue weighted by atomic mass is 9.85. The van der Waals surface area contributed by atoms with Gasteiger partial charge >= 0.3 is 0 Å². The highest BCUT2D eigenvalue weighted by Crippen LogP contribution is 2.30. The highest BCUT2D eigenvalue weighted by molar-refractivity contribution is 5.40. The molecule has 0 aliphatic carbocycles. The molecule has 18 heavy (non-hydrogen) atoms. The van der Waals surface area contributed by atoms with Gasteiger partial charge < -0.3 is 4.90 Å². The Morgan fingerprint density at radius 2 is 2.00 bits per heavy atom. The van der Waals surface area contributed by atoms with Crippen LogP contribution in [0.3, 0.4) is 0 Å². The summed E-state index contributed by atoms with van der Waals surface area (Å²) in [7, 11) is 5.97. The van der Waals surface area contributed by atoms with Gasteiger partial charge in [0.15, 0.2) is 0 Å². The number of benzene rings is 1. The van der Waals surface area contributed by atoms with E-state index in [4.69, 9.17) is 0 Å². The summed E-state index contributed by atoms with van der Waals surface area (Å²) >= 11 is 0. The normalized spacial score (nSPS) is 15.2. The van der Waals surface area contributed by atoms with Gasteiger partial charge in [-0.05, 0) is 50.0 Å². The molecule has 3 nitrogen and oxygen atoms in total. The maximum Gasteiger partial charge on any atom is 0.0855 e. The minimum absolute atomic E-state index is 0.583. The lowest BCUT2D eigenvalue weighted by Gasteiger charge is -2.26. The topological polar surface area (TPSA) is 28.0 Å². The number of hydrogen-bond donors (Lipinski definition) is 0. The first kappa shape index (κ1) is 14.8. The van der Waals surface area contributed by atoms with Crippen LogP contribution in [-0.2, 0) is 0 Å². The van der Waals surface area contributed by atoms with Crippen molar-refractivity contribution in [2.75, 3.05) is 27.7 Å². The molecule has 0 aliphatic rings. The highest BCUT2D eigenvalue weighted by atomic mass is 15.1. The Morgan fingerprint density at radius 3 is 2.56 bits per heavy atom. The summed E-state index contributed by atoms with van der Waals surface area (Å²) in [6.45, 7) is 5.69. The zero-order valence-corrected chi connectivity index (χ0v) is 12.2. The third kappa shape index (κ3) is 4.22. The summed E-state index contributed by atoms with van der Waals surface area (Å²) in [4.78, 5) is 2.25. The van der Waals surface area contributed by atoms with Crippen molar-refractivity contribution in [3.05, 3.63) is 29.8 Å². The molecule has 0 N–H and O–H groups in total. The standard InChI is InChI=1S/C15H25N3/c1-6-15(12(2)11-18(4)5)13-8-7-9-14(10-13)17-16-3/h7-10,12,15H,6,11H2,1-5H3/t12-,15+/m0/s1. The molecule has 0 unspecified atom stereocenters. The molecule has 0 saturated heterocycles. The molecule has 0 saturated carbocycles. The van der Waals surface area contributed by atoms with Crippen molar-refractivity contribution in [3.8, 4) is 0 Å². The molecule has 1 rings (SSSR count). The number of hydrogen-bond acceptors (Lipinski definition) is 3. The molecule has 0 fully saturated rings. The summed E-state index contributed by atoms with van der Waals surface area (Å²) in [5.74, 6) is 1.22. The molecule has 3 heteroatoms. The van der Waals surface area contributed by atoms with Crippen LogP contribution in [0, 0.1) is 5.92 Å². The first-order valence-corrected chi connectivity index (χ1v) is 6.63. The fourth-order valence-corrected chi connectivity index (χ4v) is 2.60. The zero-order valence-electron chi connectivity index (χ0n) is 12.2. The number of rotatable bonds is 6. The predicted octanol–water partition coefficient (Wildman–Crippen LogP) is 4.09. The Kier molecular flexibility index (Phi) is 5.99. The van der Waals surface area contributed by atoms with Gasteiger partial charge in [0.05, 0.1) is 5.69 Å². The Morgan fingerprint density at radius 1 is 1.28 bits per heavy atom. The highest BCUT2D eigenvalue weighted by Gasteiger charge is 2.18. The summed E-state index contributed by atoms with van der Waals surface area (Å²) < 4.78 is 0. The van der Waals surface area contributed by atoms with E-state index < -0.39 is 0 Å². The molecule has 0 amide bonds. The second kappa shape index (κ2) is 7.27. The second-order valence-corrected chi connectivity index (χ2v) is 5.15. The SMILES string of the molecule is CC[C@@H](c1cccc(N=NC)c1)[C@@H](C)CN(C)C. The van der Waals surface area contributed by atoms with Gasteiger partial charge in [-0.25, -0.2) is 0 Å². The van der Waals surface area contributed by atoms with Gasteiger partial charge in [0, 0.05) is 13.6 Å². The van der Waals surface area contributed by atoms with E-state index in [1.165, 1.54) is 5.56 Å². The van der Waals surface area contributed by atoms with Crippen LogP contribution in [0.4, 0.5) is 5.69 Å². The minimum atomic E-state index is 0.583. The van der Waals surface area contributed by atoms with E-state index in [9.17, 15) is 0 Å². The molecule has 1 aromatic carbocycles. The van der Waals surface area contributed by atoms with Crippen LogP contribution in [0.1, 0.15) is 31.7 Å². The van der Waals surface area contributed by atoms with Crippen molar-refractivity contribution >= 4 is 5.69 Å². The molecule has 0 radical (unpaired) electrons. The molecule has 1 aromatic rings. The minimum Gasteiger partial charge on any atom is -0.309 e. The molecule has 0 bridgehead atoms. The van der Waals surface area contributed by atoms with Gasteiger partial charge in [-0.2, -0.15) is 10.2 Å². The van der Waals surface area contributed by atoms with Gasteiger partial charge in [0.1, 0.15) is 0 Å². The van der Waals surface area contributed by atoms with Gasteiger partial charge in [-0.15, -0.1) is 0 Å². The third-order valence-electron chi connectivity index (χ3n) is 3.29. The van der Waals surface area contributed by atoms with Crippen LogP contribution in [-0.4, -0.2) is 32.6 Å². The summed E-state index contributed by atoms with van der Waals surface area (Å²) in [5, 5.41) is 7.96. The van der Waals surface area contributed by atoms with Crippen molar-refractivity contribution in [3.63, 3.8) is 0 Å². The summed E-state index contributed by atoms with van der Waals surface area (Å²) in [5.41, 5.74) is 2.32.